The molecule has 0 aliphatic carbocycles. The molecule has 0 unspecified atom stereocenters. The quantitative estimate of drug-likeness (QED) is 0.347. The number of nitrogens with zero attached hydrogens (tertiary/aromatic N) is 8. The first-order chi connectivity index (χ1) is 18.2. The van der Waals surface area contributed by atoms with Gasteiger partial charge in [-0.1, -0.05) is 0 Å². The molecule has 10 nitrogen and oxygen atoms in total. The Kier molecular flexibility index (Phi) is 6.98. The lowest BCUT2D eigenvalue weighted by Gasteiger charge is -2.31. The van der Waals surface area contributed by atoms with Crippen molar-refractivity contribution in [1.29, 1.82) is 5.26 Å². The van der Waals surface area contributed by atoms with E-state index in [1.54, 1.807) is 18.5 Å². The van der Waals surface area contributed by atoms with Crippen LogP contribution in [0.3, 0.4) is 0 Å². The summed E-state index contributed by atoms with van der Waals surface area (Å²) in [6.07, 6.45) is -0.688. The highest BCUT2D eigenvalue weighted by Gasteiger charge is 2.35. The summed E-state index contributed by atoms with van der Waals surface area (Å²) >= 11 is 0. The summed E-state index contributed by atoms with van der Waals surface area (Å²) in [5, 5.41) is 17.2. The maximum atomic E-state index is 14.0. The average molecular weight is 527 g/mol. The minimum Gasteiger partial charge on any atom is -0.493 e. The number of fused-ring (bicyclic) bond motifs is 1. The summed E-state index contributed by atoms with van der Waals surface area (Å²) in [5.74, 6) is 1.09. The van der Waals surface area contributed by atoms with E-state index in [4.69, 9.17) is 9.15 Å². The van der Waals surface area contributed by atoms with E-state index in [0.717, 1.165) is 32.0 Å². The van der Waals surface area contributed by atoms with Crippen LogP contribution in [0.15, 0.2) is 28.9 Å². The Labute approximate surface area is 216 Å². The van der Waals surface area contributed by atoms with Gasteiger partial charge in [0.15, 0.2) is 5.65 Å². The number of piperidine rings is 1. The van der Waals surface area contributed by atoms with Crippen molar-refractivity contribution in [2.24, 2.45) is 13.0 Å². The van der Waals surface area contributed by atoms with Gasteiger partial charge in [-0.25, -0.2) is 9.97 Å². The second-order valence-electron chi connectivity index (χ2n) is 9.32. The van der Waals surface area contributed by atoms with Crippen molar-refractivity contribution < 1.29 is 22.3 Å². The first-order valence-corrected chi connectivity index (χ1v) is 12.2. The van der Waals surface area contributed by atoms with Crippen LogP contribution in [0, 0.1) is 24.2 Å². The summed E-state index contributed by atoms with van der Waals surface area (Å²) in [6.45, 7) is 4.21. The monoisotopic (exact) mass is 526 g/mol. The molecule has 1 fully saturated rings. The number of aromatic nitrogens is 6. The zero-order valence-corrected chi connectivity index (χ0v) is 20.9. The van der Waals surface area contributed by atoms with Crippen LogP contribution in [0.25, 0.3) is 22.4 Å². The number of likely N-dealkylation sites (tertiary alicyclic amines) is 1. The molecular weight excluding hydrogens is 501 g/mol. The summed E-state index contributed by atoms with van der Waals surface area (Å²) < 4.78 is 54.7. The van der Waals surface area contributed by atoms with Gasteiger partial charge in [0.2, 0.25) is 17.6 Å². The predicted octanol–water partition coefficient (Wildman–Crippen LogP) is 4.29. The van der Waals surface area contributed by atoms with E-state index in [9.17, 15) is 18.4 Å². The molecule has 0 amide bonds. The lowest BCUT2D eigenvalue weighted by Crippen LogP contribution is -2.33. The Morgan fingerprint density at radius 2 is 1.97 bits per heavy atom. The fourth-order valence-electron chi connectivity index (χ4n) is 4.64. The SMILES string of the molecule is Cc1nnc(CN2CCC(CCOc3ccc(-c4nc(C#N)nc5c4ncn5C)cc3C(F)(F)F)CC2)o1. The number of nitriles is 1. The van der Waals surface area contributed by atoms with Gasteiger partial charge in [0, 0.05) is 19.5 Å². The number of alkyl halides is 3. The number of imidazole rings is 1. The van der Waals surface area contributed by atoms with Gasteiger partial charge in [0.25, 0.3) is 0 Å². The second-order valence-corrected chi connectivity index (χ2v) is 9.32. The predicted molar refractivity (Wildman–Crippen MR) is 129 cm³/mol. The Morgan fingerprint density at radius 1 is 1.18 bits per heavy atom. The minimum absolute atomic E-state index is 0.150. The van der Waals surface area contributed by atoms with Crippen molar-refractivity contribution in [2.75, 3.05) is 19.7 Å². The molecule has 4 aromatic rings. The first-order valence-electron chi connectivity index (χ1n) is 12.2. The van der Waals surface area contributed by atoms with E-state index < -0.39 is 11.7 Å². The molecule has 0 bridgehead atoms. The maximum absolute atomic E-state index is 14.0. The van der Waals surface area contributed by atoms with E-state index >= 15 is 0 Å². The second kappa shape index (κ2) is 10.4. The molecule has 1 aromatic carbocycles. The van der Waals surface area contributed by atoms with Crippen molar-refractivity contribution in [2.45, 2.75) is 38.9 Å². The molecule has 198 valence electrons. The molecule has 3 aromatic heterocycles. The van der Waals surface area contributed by atoms with Crippen LogP contribution in [-0.4, -0.2) is 54.3 Å². The lowest BCUT2D eigenvalue weighted by atomic mass is 9.94. The number of hydrogen-bond donors (Lipinski definition) is 0. The van der Waals surface area contributed by atoms with Crippen molar-refractivity contribution >= 4 is 11.2 Å². The molecule has 1 aliphatic rings. The Hall–Kier alpha value is -4.05. The molecule has 13 heteroatoms. The molecule has 1 saturated heterocycles. The van der Waals surface area contributed by atoms with Crippen LogP contribution in [0.5, 0.6) is 5.75 Å². The van der Waals surface area contributed by atoms with Gasteiger partial charge in [-0.15, -0.1) is 10.2 Å². The maximum Gasteiger partial charge on any atom is 0.419 e. The zero-order chi connectivity index (χ0) is 26.9. The zero-order valence-electron chi connectivity index (χ0n) is 20.9. The van der Waals surface area contributed by atoms with E-state index in [-0.39, 0.29) is 29.4 Å². The van der Waals surface area contributed by atoms with E-state index in [0.29, 0.717) is 41.8 Å². The van der Waals surface area contributed by atoms with E-state index in [2.05, 4.69) is 30.0 Å². The average Bonchev–Trinajstić information content (AvgIpc) is 3.48. The van der Waals surface area contributed by atoms with Crippen molar-refractivity contribution in [3.05, 3.63) is 47.7 Å². The molecule has 0 atom stereocenters. The summed E-state index contributed by atoms with van der Waals surface area (Å²) in [6, 6.07) is 5.65. The van der Waals surface area contributed by atoms with Crippen LogP contribution in [-0.2, 0) is 19.8 Å². The highest BCUT2D eigenvalue weighted by molar-refractivity contribution is 5.88. The van der Waals surface area contributed by atoms with Gasteiger partial charge < -0.3 is 13.7 Å². The van der Waals surface area contributed by atoms with Crippen LogP contribution in [0.2, 0.25) is 0 Å². The molecule has 38 heavy (non-hydrogen) atoms. The highest BCUT2D eigenvalue weighted by Crippen LogP contribution is 2.39. The van der Waals surface area contributed by atoms with Gasteiger partial charge >= 0.3 is 6.18 Å². The summed E-state index contributed by atoms with van der Waals surface area (Å²) in [5.41, 5.74) is 0.108. The van der Waals surface area contributed by atoms with Crippen molar-refractivity contribution in [3.8, 4) is 23.1 Å². The fraction of sp³-hybridized carbons (Fsp3) is 0.440. The topological polar surface area (TPSA) is 119 Å². The first kappa shape index (κ1) is 25.6. The number of rotatable bonds is 7. The fourth-order valence-corrected chi connectivity index (χ4v) is 4.64. The standard InChI is InChI=1S/C25H25F3N8O2/c1-15-33-34-21(38-15)13-36-8-5-16(6-9-36)7-10-37-19-4-3-17(11-18(19)25(26,27)28)22-23-24(35(2)14-30-23)32-20(12-29)31-22/h3-4,11,14,16H,5-10,13H2,1-2H3. The number of aryl methyl sites for hydroxylation is 2. The van der Waals surface area contributed by atoms with Crippen LogP contribution in [0.4, 0.5) is 13.2 Å². The van der Waals surface area contributed by atoms with Gasteiger partial charge in [0.05, 0.1) is 25.0 Å². The molecule has 4 heterocycles. The van der Waals surface area contributed by atoms with Gasteiger partial charge in [-0.3, -0.25) is 4.90 Å². The number of halogens is 3. The van der Waals surface area contributed by atoms with E-state index in [1.165, 1.54) is 18.5 Å². The van der Waals surface area contributed by atoms with Crippen LogP contribution >= 0.6 is 0 Å². The molecule has 5 rings (SSSR count). The largest absolute Gasteiger partial charge is 0.493 e. The number of ether oxygens (including phenoxy) is 1. The molecule has 0 N–H and O–H groups in total. The normalized spacial score (nSPS) is 15.2. The third-order valence-corrected chi connectivity index (χ3v) is 6.64. The molecule has 0 radical (unpaired) electrons. The van der Waals surface area contributed by atoms with Crippen LogP contribution in [0.1, 0.15) is 42.4 Å². The number of benzene rings is 1. The third-order valence-electron chi connectivity index (χ3n) is 6.64. The Morgan fingerprint density at radius 3 is 2.66 bits per heavy atom. The third kappa shape index (κ3) is 5.45. The Balaban J connectivity index is 1.26. The summed E-state index contributed by atoms with van der Waals surface area (Å²) in [7, 11) is 1.68. The Bertz CT molecular complexity index is 1480. The van der Waals surface area contributed by atoms with Crippen molar-refractivity contribution in [3.63, 3.8) is 0 Å². The lowest BCUT2D eigenvalue weighted by molar-refractivity contribution is -0.138. The van der Waals surface area contributed by atoms with Crippen LogP contribution < -0.4 is 4.74 Å². The molecule has 0 spiro atoms. The highest BCUT2D eigenvalue weighted by atomic mass is 19.4. The number of hydrogen-bond acceptors (Lipinski definition) is 9. The molecule has 0 saturated carbocycles. The van der Waals surface area contributed by atoms with E-state index in [1.807, 2.05) is 6.07 Å². The van der Waals surface area contributed by atoms with Gasteiger partial charge in [0.1, 0.15) is 23.0 Å². The molecular formula is C25H25F3N8O2. The van der Waals surface area contributed by atoms with Gasteiger partial charge in [-0.2, -0.15) is 23.4 Å². The molecule has 1 aliphatic heterocycles. The minimum atomic E-state index is -4.64. The smallest absolute Gasteiger partial charge is 0.419 e. The van der Waals surface area contributed by atoms with Gasteiger partial charge in [-0.05, 0) is 56.5 Å². The summed E-state index contributed by atoms with van der Waals surface area (Å²) in [4.78, 5) is 14.7. The van der Waals surface area contributed by atoms with Crippen molar-refractivity contribution in [1.82, 2.24) is 34.6 Å².